The molecule has 0 atom stereocenters. The fourth-order valence-electron chi connectivity index (χ4n) is 3.54. The van der Waals surface area contributed by atoms with Crippen molar-refractivity contribution < 1.29 is 4.79 Å². The average Bonchev–Trinajstić information content (AvgIpc) is 2.61. The fraction of sp³-hybridized carbons (Fsp3) is 0.320. The van der Waals surface area contributed by atoms with Crippen molar-refractivity contribution in [3.63, 3.8) is 0 Å². The van der Waals surface area contributed by atoms with Crippen molar-refractivity contribution in [2.24, 2.45) is 5.41 Å². The van der Waals surface area contributed by atoms with E-state index in [-0.39, 0.29) is 5.41 Å². The Balaban J connectivity index is 2.13. The first-order valence-electron chi connectivity index (χ1n) is 9.38. The number of allylic oxidation sites excluding steroid dienone is 10. The lowest BCUT2D eigenvalue weighted by atomic mass is 9.72. The Labute approximate surface area is 158 Å². The van der Waals surface area contributed by atoms with E-state index in [4.69, 9.17) is 0 Å². The quantitative estimate of drug-likeness (QED) is 0.312. The molecule has 0 amide bonds. The molecule has 0 N–H and O–H groups in total. The smallest absolute Gasteiger partial charge is 0.143 e. The van der Waals surface area contributed by atoms with Gasteiger partial charge in [-0.3, -0.25) is 4.79 Å². The highest BCUT2D eigenvalue weighted by molar-refractivity contribution is 5.86. The van der Waals surface area contributed by atoms with Gasteiger partial charge in [-0.05, 0) is 61.3 Å². The van der Waals surface area contributed by atoms with Gasteiger partial charge in [0, 0.05) is 0 Å². The third-order valence-electron chi connectivity index (χ3n) is 5.04. The number of aldehydes is 1. The van der Waals surface area contributed by atoms with Gasteiger partial charge in [0.05, 0.1) is 0 Å². The van der Waals surface area contributed by atoms with E-state index < -0.39 is 0 Å². The molecular weight excluding hydrogens is 316 g/mol. The van der Waals surface area contributed by atoms with E-state index in [1.165, 1.54) is 36.0 Å². The average molecular weight is 347 g/mol. The van der Waals surface area contributed by atoms with Crippen molar-refractivity contribution in [2.45, 2.75) is 47.0 Å². The fourth-order valence-corrected chi connectivity index (χ4v) is 3.54. The number of hydrogen-bond acceptors (Lipinski definition) is 1. The third kappa shape index (κ3) is 5.56. The van der Waals surface area contributed by atoms with Crippen molar-refractivity contribution in [2.75, 3.05) is 0 Å². The molecule has 0 unspecified atom stereocenters. The Morgan fingerprint density at radius 3 is 2.46 bits per heavy atom. The minimum atomic E-state index is 0.266. The Morgan fingerprint density at radius 1 is 1.08 bits per heavy atom. The van der Waals surface area contributed by atoms with E-state index >= 15 is 0 Å². The van der Waals surface area contributed by atoms with Crippen LogP contribution in [0.2, 0.25) is 0 Å². The molecule has 0 heterocycles. The van der Waals surface area contributed by atoms with Crippen molar-refractivity contribution in [3.8, 4) is 0 Å². The van der Waals surface area contributed by atoms with E-state index in [2.05, 4.69) is 45.9 Å². The summed E-state index contributed by atoms with van der Waals surface area (Å²) in [5.41, 5.74) is 6.42. The molecule has 2 rings (SSSR count). The van der Waals surface area contributed by atoms with Gasteiger partial charge in [0.15, 0.2) is 0 Å². The number of carbonyl (C=O) groups excluding carboxylic acids is 1. The minimum Gasteiger partial charge on any atom is -0.299 e. The SMILES string of the molecule is CC1=C(/C=C/C(C)=C/C=C\C(=C\C=O)c2ccccc2)C(C)(C)CCC1. The highest BCUT2D eigenvalue weighted by Crippen LogP contribution is 2.40. The molecule has 1 nitrogen and oxygen atoms in total. The first-order valence-corrected chi connectivity index (χ1v) is 9.38. The van der Waals surface area contributed by atoms with Crippen molar-refractivity contribution >= 4 is 11.9 Å². The summed E-state index contributed by atoms with van der Waals surface area (Å²) >= 11 is 0. The molecule has 0 aliphatic heterocycles. The summed E-state index contributed by atoms with van der Waals surface area (Å²) in [6.45, 7) is 9.05. The van der Waals surface area contributed by atoms with Crippen molar-refractivity contribution in [1.82, 2.24) is 0 Å². The molecule has 1 aliphatic carbocycles. The van der Waals surface area contributed by atoms with E-state index in [0.717, 1.165) is 17.4 Å². The highest BCUT2D eigenvalue weighted by atomic mass is 16.1. The van der Waals surface area contributed by atoms with Gasteiger partial charge in [-0.15, -0.1) is 0 Å². The lowest BCUT2D eigenvalue weighted by Crippen LogP contribution is -2.19. The van der Waals surface area contributed by atoms with Gasteiger partial charge in [0.25, 0.3) is 0 Å². The summed E-state index contributed by atoms with van der Waals surface area (Å²) in [5, 5.41) is 0. The van der Waals surface area contributed by atoms with Gasteiger partial charge in [0.1, 0.15) is 6.29 Å². The number of hydrogen-bond donors (Lipinski definition) is 0. The Kier molecular flexibility index (Phi) is 7.15. The van der Waals surface area contributed by atoms with E-state index in [0.29, 0.717) is 0 Å². The molecule has 0 radical (unpaired) electrons. The lowest BCUT2D eigenvalue weighted by molar-refractivity contribution is -0.104. The maximum Gasteiger partial charge on any atom is 0.143 e. The predicted octanol–water partition coefficient (Wildman–Crippen LogP) is 6.85. The number of carbonyl (C=O) groups is 1. The molecule has 136 valence electrons. The van der Waals surface area contributed by atoms with Crippen LogP contribution in [-0.2, 0) is 4.79 Å². The molecule has 0 saturated heterocycles. The van der Waals surface area contributed by atoms with Crippen LogP contribution in [0, 0.1) is 5.41 Å². The lowest BCUT2D eigenvalue weighted by Gasteiger charge is -2.32. The molecule has 1 heteroatoms. The second-order valence-corrected chi connectivity index (χ2v) is 7.66. The van der Waals surface area contributed by atoms with Crippen LogP contribution in [0.1, 0.15) is 52.5 Å². The monoisotopic (exact) mass is 346 g/mol. The van der Waals surface area contributed by atoms with Crippen molar-refractivity contribution in [3.05, 3.63) is 89.1 Å². The van der Waals surface area contributed by atoms with Gasteiger partial charge in [-0.2, -0.15) is 0 Å². The Hall–Kier alpha value is -2.41. The summed E-state index contributed by atoms with van der Waals surface area (Å²) in [6, 6.07) is 9.96. The number of rotatable bonds is 6. The molecule has 0 fully saturated rings. The van der Waals surface area contributed by atoms with Crippen LogP contribution in [0.15, 0.2) is 83.5 Å². The summed E-state index contributed by atoms with van der Waals surface area (Å²) in [5.74, 6) is 0. The zero-order valence-corrected chi connectivity index (χ0v) is 16.5. The Morgan fingerprint density at radius 2 is 1.81 bits per heavy atom. The summed E-state index contributed by atoms with van der Waals surface area (Å²) in [4.78, 5) is 10.9. The van der Waals surface area contributed by atoms with Gasteiger partial charge in [-0.25, -0.2) is 0 Å². The zero-order valence-electron chi connectivity index (χ0n) is 16.5. The Bertz CT molecular complexity index is 768. The van der Waals surface area contributed by atoms with Crippen LogP contribution >= 0.6 is 0 Å². The van der Waals surface area contributed by atoms with Crippen LogP contribution in [0.5, 0.6) is 0 Å². The van der Waals surface area contributed by atoms with Gasteiger partial charge in [0.2, 0.25) is 0 Å². The molecule has 26 heavy (non-hydrogen) atoms. The first kappa shape index (κ1) is 19.9. The van der Waals surface area contributed by atoms with E-state index in [9.17, 15) is 4.79 Å². The summed E-state index contributed by atoms with van der Waals surface area (Å²) in [7, 11) is 0. The normalized spacial score (nSPS) is 18.8. The second-order valence-electron chi connectivity index (χ2n) is 7.66. The first-order chi connectivity index (χ1) is 12.4. The molecule has 0 aromatic heterocycles. The summed E-state index contributed by atoms with van der Waals surface area (Å²) in [6.07, 6.45) is 16.8. The molecule has 1 aromatic rings. The minimum absolute atomic E-state index is 0.266. The molecule has 1 aliphatic rings. The highest BCUT2D eigenvalue weighted by Gasteiger charge is 2.26. The van der Waals surface area contributed by atoms with Crippen LogP contribution in [-0.4, -0.2) is 6.29 Å². The molecular formula is C25H30O. The molecule has 0 bridgehead atoms. The molecule has 1 aromatic carbocycles. The van der Waals surface area contributed by atoms with E-state index in [1.807, 2.05) is 42.5 Å². The van der Waals surface area contributed by atoms with Crippen LogP contribution in [0.4, 0.5) is 0 Å². The zero-order chi connectivity index (χ0) is 19.0. The van der Waals surface area contributed by atoms with Gasteiger partial charge < -0.3 is 0 Å². The summed E-state index contributed by atoms with van der Waals surface area (Å²) < 4.78 is 0. The maximum atomic E-state index is 10.9. The van der Waals surface area contributed by atoms with Crippen LogP contribution in [0.3, 0.4) is 0 Å². The van der Waals surface area contributed by atoms with Gasteiger partial charge in [-0.1, -0.05) is 85.7 Å². The van der Waals surface area contributed by atoms with Gasteiger partial charge >= 0.3 is 0 Å². The second kappa shape index (κ2) is 9.33. The van der Waals surface area contributed by atoms with Crippen LogP contribution in [0.25, 0.3) is 5.57 Å². The standard InChI is InChI=1S/C25H30O/c1-20(15-16-24-21(2)11-9-18-25(24,3)4)10-8-14-23(17-19-26)22-12-6-5-7-13-22/h5-8,10,12-17,19H,9,11,18H2,1-4H3/b14-8-,16-15+,20-10+,23-17-. The molecule has 0 saturated carbocycles. The van der Waals surface area contributed by atoms with Crippen LogP contribution < -0.4 is 0 Å². The van der Waals surface area contributed by atoms with Crippen molar-refractivity contribution in [1.29, 1.82) is 0 Å². The predicted molar refractivity (Wildman–Crippen MR) is 113 cm³/mol. The number of benzene rings is 1. The third-order valence-corrected chi connectivity index (χ3v) is 5.04. The largest absolute Gasteiger partial charge is 0.299 e. The topological polar surface area (TPSA) is 17.1 Å². The van der Waals surface area contributed by atoms with E-state index in [1.54, 1.807) is 6.08 Å². The maximum absolute atomic E-state index is 10.9. The molecule has 0 spiro atoms.